The number of benzene rings is 1. The summed E-state index contributed by atoms with van der Waals surface area (Å²) < 4.78 is 4.99. The highest BCUT2D eigenvalue weighted by Gasteiger charge is 2.23. The monoisotopic (exact) mass is 353 g/mol. The molecule has 1 aliphatic heterocycles. The molecule has 0 atom stereocenters. The number of anilines is 1. The Morgan fingerprint density at radius 3 is 2.46 bits per heavy atom. The van der Waals surface area contributed by atoms with Crippen LogP contribution >= 0.6 is 11.6 Å². The Hall–Kier alpha value is -1.79. The number of halogens is 1. The van der Waals surface area contributed by atoms with E-state index in [1.165, 1.54) is 0 Å². The second-order valence-electron chi connectivity index (χ2n) is 5.95. The molecule has 2 rings (SSSR count). The van der Waals surface area contributed by atoms with E-state index in [0.29, 0.717) is 43.5 Å². The fourth-order valence-electron chi connectivity index (χ4n) is 2.76. The molecule has 0 aliphatic carbocycles. The second-order valence-corrected chi connectivity index (χ2v) is 6.36. The summed E-state index contributed by atoms with van der Waals surface area (Å²) >= 11 is 6.22. The van der Waals surface area contributed by atoms with E-state index in [2.05, 4.69) is 5.32 Å². The molecule has 6 nitrogen and oxygen atoms in total. The molecule has 0 unspecified atom stereocenters. The van der Waals surface area contributed by atoms with Crippen molar-refractivity contribution in [1.29, 1.82) is 0 Å². The van der Waals surface area contributed by atoms with Crippen LogP contribution in [0.4, 0.5) is 10.5 Å². The lowest BCUT2D eigenvalue weighted by Crippen LogP contribution is -2.50. The maximum Gasteiger partial charge on any atom is 0.409 e. The van der Waals surface area contributed by atoms with Crippen molar-refractivity contribution in [2.75, 3.05) is 44.6 Å². The molecule has 1 aromatic carbocycles. The van der Waals surface area contributed by atoms with Crippen molar-refractivity contribution in [3.05, 3.63) is 28.3 Å². The van der Waals surface area contributed by atoms with E-state index in [4.69, 9.17) is 16.3 Å². The fourth-order valence-corrected chi connectivity index (χ4v) is 3.13. The zero-order chi connectivity index (χ0) is 17.7. The summed E-state index contributed by atoms with van der Waals surface area (Å²) in [6.45, 7) is 8.75. The van der Waals surface area contributed by atoms with Gasteiger partial charge in [-0.05, 0) is 38.0 Å². The van der Waals surface area contributed by atoms with Crippen molar-refractivity contribution in [2.24, 2.45) is 0 Å². The molecule has 1 aliphatic rings. The lowest BCUT2D eigenvalue weighted by molar-refractivity contribution is -0.117. The van der Waals surface area contributed by atoms with E-state index in [9.17, 15) is 9.59 Å². The highest BCUT2D eigenvalue weighted by molar-refractivity contribution is 6.34. The summed E-state index contributed by atoms with van der Waals surface area (Å²) in [5.41, 5.74) is 2.67. The Morgan fingerprint density at radius 2 is 1.88 bits per heavy atom. The Labute approximate surface area is 147 Å². The van der Waals surface area contributed by atoms with Gasteiger partial charge in [0.05, 0.1) is 23.9 Å². The molecule has 24 heavy (non-hydrogen) atoms. The number of aryl methyl sites for hydroxylation is 2. The van der Waals surface area contributed by atoms with E-state index in [1.54, 1.807) is 11.8 Å². The molecular weight excluding hydrogens is 330 g/mol. The number of hydrogen-bond acceptors (Lipinski definition) is 4. The number of carbonyl (C=O) groups excluding carboxylic acids is 2. The van der Waals surface area contributed by atoms with Gasteiger partial charge in [-0.15, -0.1) is 0 Å². The van der Waals surface area contributed by atoms with Crippen molar-refractivity contribution < 1.29 is 14.3 Å². The van der Waals surface area contributed by atoms with Gasteiger partial charge in [0.2, 0.25) is 5.91 Å². The molecule has 1 saturated heterocycles. The third-order valence-corrected chi connectivity index (χ3v) is 4.26. The number of rotatable bonds is 4. The maximum absolute atomic E-state index is 12.3. The van der Waals surface area contributed by atoms with E-state index >= 15 is 0 Å². The Balaban J connectivity index is 1.85. The predicted octanol–water partition coefficient (Wildman–Crippen LogP) is 2.67. The molecule has 0 saturated carbocycles. The molecule has 0 aromatic heterocycles. The predicted molar refractivity (Wildman–Crippen MR) is 94.6 cm³/mol. The van der Waals surface area contributed by atoms with Crippen molar-refractivity contribution in [3.63, 3.8) is 0 Å². The van der Waals surface area contributed by atoms with Crippen molar-refractivity contribution in [1.82, 2.24) is 9.80 Å². The first-order valence-electron chi connectivity index (χ1n) is 8.11. The van der Waals surface area contributed by atoms with Crippen LogP contribution in [0.5, 0.6) is 0 Å². The van der Waals surface area contributed by atoms with Gasteiger partial charge >= 0.3 is 6.09 Å². The zero-order valence-corrected chi connectivity index (χ0v) is 15.2. The van der Waals surface area contributed by atoms with Crippen LogP contribution in [0.15, 0.2) is 12.1 Å². The fraction of sp³-hybridized carbons (Fsp3) is 0.529. The molecule has 0 bridgehead atoms. The van der Waals surface area contributed by atoms with E-state index in [-0.39, 0.29) is 18.5 Å². The molecule has 2 amide bonds. The van der Waals surface area contributed by atoms with Crippen LogP contribution in [0.25, 0.3) is 0 Å². The van der Waals surface area contributed by atoms with Crippen LogP contribution in [0.1, 0.15) is 18.1 Å². The molecule has 0 spiro atoms. The topological polar surface area (TPSA) is 61.9 Å². The summed E-state index contributed by atoms with van der Waals surface area (Å²) in [5, 5.41) is 3.44. The van der Waals surface area contributed by atoms with Gasteiger partial charge in [-0.3, -0.25) is 9.69 Å². The number of amides is 2. The van der Waals surface area contributed by atoms with Crippen LogP contribution in [-0.4, -0.2) is 61.1 Å². The van der Waals surface area contributed by atoms with Crippen LogP contribution in [0.3, 0.4) is 0 Å². The molecule has 1 fully saturated rings. The summed E-state index contributed by atoms with van der Waals surface area (Å²) in [4.78, 5) is 27.6. The Bertz CT molecular complexity index is 590. The number of ether oxygens (including phenoxy) is 1. The summed E-state index contributed by atoms with van der Waals surface area (Å²) in [5.74, 6) is -0.103. The quantitative estimate of drug-likeness (QED) is 0.904. The minimum Gasteiger partial charge on any atom is -0.450 e. The van der Waals surface area contributed by atoms with Gasteiger partial charge in [0.25, 0.3) is 0 Å². The summed E-state index contributed by atoms with van der Waals surface area (Å²) in [6, 6.07) is 3.82. The molecule has 1 N–H and O–H groups in total. The lowest BCUT2D eigenvalue weighted by Gasteiger charge is -2.33. The first-order chi connectivity index (χ1) is 11.4. The van der Waals surface area contributed by atoms with Crippen LogP contribution in [0, 0.1) is 13.8 Å². The van der Waals surface area contributed by atoms with Gasteiger partial charge in [-0.25, -0.2) is 4.79 Å². The smallest absolute Gasteiger partial charge is 0.409 e. The molecule has 7 heteroatoms. The van der Waals surface area contributed by atoms with Crippen LogP contribution < -0.4 is 5.32 Å². The van der Waals surface area contributed by atoms with Gasteiger partial charge in [-0.2, -0.15) is 0 Å². The second kappa shape index (κ2) is 8.35. The average Bonchev–Trinajstić information content (AvgIpc) is 2.52. The lowest BCUT2D eigenvalue weighted by atomic mass is 10.1. The molecule has 1 aromatic rings. The number of nitrogens with one attached hydrogen (secondary N) is 1. The highest BCUT2D eigenvalue weighted by atomic mass is 35.5. The highest BCUT2D eigenvalue weighted by Crippen LogP contribution is 2.27. The number of piperazine rings is 1. The van der Waals surface area contributed by atoms with Gasteiger partial charge in [0.15, 0.2) is 0 Å². The van der Waals surface area contributed by atoms with Gasteiger partial charge in [-0.1, -0.05) is 17.7 Å². The molecular formula is C17H24ClN3O3. The third-order valence-electron chi connectivity index (χ3n) is 3.96. The van der Waals surface area contributed by atoms with Gasteiger partial charge < -0.3 is 15.0 Å². The van der Waals surface area contributed by atoms with Gasteiger partial charge in [0.1, 0.15) is 0 Å². The Kier molecular flexibility index (Phi) is 6.45. The first-order valence-corrected chi connectivity index (χ1v) is 8.49. The molecule has 0 radical (unpaired) electrons. The summed E-state index contributed by atoms with van der Waals surface area (Å²) in [6.07, 6.45) is -0.288. The van der Waals surface area contributed by atoms with E-state index in [1.807, 2.05) is 30.9 Å². The minimum atomic E-state index is -0.288. The SMILES string of the molecule is CCOC(=O)N1CCN(CC(=O)Nc2c(C)cc(C)cc2Cl)CC1. The summed E-state index contributed by atoms with van der Waals surface area (Å²) in [7, 11) is 0. The van der Waals surface area contributed by atoms with Crippen molar-refractivity contribution >= 4 is 29.3 Å². The Morgan fingerprint density at radius 1 is 1.21 bits per heavy atom. The normalized spacial score (nSPS) is 15.2. The van der Waals surface area contributed by atoms with Crippen molar-refractivity contribution in [2.45, 2.75) is 20.8 Å². The van der Waals surface area contributed by atoms with E-state index in [0.717, 1.165) is 11.1 Å². The largest absolute Gasteiger partial charge is 0.450 e. The first kappa shape index (κ1) is 18.5. The minimum absolute atomic E-state index is 0.103. The number of nitrogens with zero attached hydrogens (tertiary/aromatic N) is 2. The van der Waals surface area contributed by atoms with Crippen LogP contribution in [0.2, 0.25) is 5.02 Å². The maximum atomic E-state index is 12.3. The van der Waals surface area contributed by atoms with Crippen LogP contribution in [-0.2, 0) is 9.53 Å². The molecule has 132 valence electrons. The van der Waals surface area contributed by atoms with Crippen molar-refractivity contribution in [3.8, 4) is 0 Å². The number of hydrogen-bond donors (Lipinski definition) is 1. The average molecular weight is 354 g/mol. The number of carbonyl (C=O) groups is 2. The van der Waals surface area contributed by atoms with E-state index < -0.39 is 0 Å². The third kappa shape index (κ3) is 4.85. The zero-order valence-electron chi connectivity index (χ0n) is 14.4. The molecule has 1 heterocycles. The van der Waals surface area contributed by atoms with Gasteiger partial charge in [0, 0.05) is 26.2 Å². The standard InChI is InChI=1S/C17H24ClN3O3/c1-4-24-17(23)21-7-5-20(6-8-21)11-15(22)19-16-13(3)9-12(2)10-14(16)18/h9-10H,4-8,11H2,1-3H3,(H,19,22).